The summed E-state index contributed by atoms with van der Waals surface area (Å²) in [5.41, 5.74) is 9.95. The second-order valence-corrected chi connectivity index (χ2v) is 5.92. The first-order valence-corrected chi connectivity index (χ1v) is 7.14. The normalized spacial score (nSPS) is 12.2. The highest BCUT2D eigenvalue weighted by molar-refractivity contribution is 7.99. The van der Waals surface area contributed by atoms with E-state index in [1.165, 1.54) is 10.6 Å². The number of methoxy groups -OCH3 is 1. The Kier molecular flexibility index (Phi) is 3.14. The van der Waals surface area contributed by atoms with Gasteiger partial charge in [-0.3, -0.25) is 0 Å². The minimum Gasteiger partial charge on any atom is -0.493 e. The van der Waals surface area contributed by atoms with Crippen molar-refractivity contribution in [2.75, 3.05) is 37.2 Å². The molecule has 1 heterocycles. The lowest BCUT2D eigenvalue weighted by Gasteiger charge is -2.24. The molecule has 3 rings (SSSR count). The highest BCUT2D eigenvalue weighted by Gasteiger charge is 2.21. The van der Waals surface area contributed by atoms with Crippen LogP contribution in [0.25, 0.3) is 0 Å². The van der Waals surface area contributed by atoms with Gasteiger partial charge in [0.1, 0.15) is 0 Å². The molecule has 0 spiro atoms. The van der Waals surface area contributed by atoms with Gasteiger partial charge in [-0.2, -0.15) is 0 Å². The van der Waals surface area contributed by atoms with Gasteiger partial charge in [0.2, 0.25) is 0 Å². The molecule has 0 saturated carbocycles. The third kappa shape index (κ3) is 2.04. The Morgan fingerprint density at radius 2 is 1.90 bits per heavy atom. The molecule has 2 aromatic carbocycles. The Hall–Kier alpha value is -2.01. The van der Waals surface area contributed by atoms with Crippen molar-refractivity contribution in [1.82, 2.24) is 0 Å². The Balaban J connectivity index is 2.08. The van der Waals surface area contributed by atoms with Crippen molar-refractivity contribution in [3.8, 4) is 5.75 Å². The summed E-state index contributed by atoms with van der Waals surface area (Å²) in [6.45, 7) is 0. The van der Waals surface area contributed by atoms with E-state index in [9.17, 15) is 0 Å². The van der Waals surface area contributed by atoms with Gasteiger partial charge in [-0.1, -0.05) is 11.8 Å². The summed E-state index contributed by atoms with van der Waals surface area (Å²) in [5.74, 6) is 0.737. The van der Waals surface area contributed by atoms with Gasteiger partial charge in [0, 0.05) is 24.7 Å². The lowest BCUT2D eigenvalue weighted by atomic mass is 10.2. The van der Waals surface area contributed by atoms with Crippen LogP contribution in [0.15, 0.2) is 40.1 Å². The maximum Gasteiger partial charge on any atom is 0.157 e. The molecular formula is C15H17N3OS. The molecule has 4 nitrogen and oxygen atoms in total. The van der Waals surface area contributed by atoms with Crippen LogP contribution in [0.3, 0.4) is 0 Å². The van der Waals surface area contributed by atoms with E-state index >= 15 is 0 Å². The number of nitrogens with zero attached hydrogens (tertiary/aromatic N) is 1. The van der Waals surface area contributed by atoms with Crippen molar-refractivity contribution in [3.63, 3.8) is 0 Å². The molecule has 3 N–H and O–H groups in total. The summed E-state index contributed by atoms with van der Waals surface area (Å²) in [6, 6.07) is 10.2. The summed E-state index contributed by atoms with van der Waals surface area (Å²) in [4.78, 5) is 4.30. The van der Waals surface area contributed by atoms with Gasteiger partial charge in [-0.05, 0) is 30.3 Å². The maximum absolute atomic E-state index is 5.98. The third-order valence-electron chi connectivity index (χ3n) is 3.31. The van der Waals surface area contributed by atoms with Crippen molar-refractivity contribution >= 4 is 34.5 Å². The molecule has 0 aromatic heterocycles. The van der Waals surface area contributed by atoms with Gasteiger partial charge < -0.3 is 20.7 Å². The number of fused-ring (bicyclic) bond motifs is 2. The Bertz CT molecular complexity index is 670. The van der Waals surface area contributed by atoms with Crippen LogP contribution in [0.1, 0.15) is 0 Å². The molecule has 0 bridgehead atoms. The number of nitrogen functional groups attached to an aromatic ring is 1. The van der Waals surface area contributed by atoms with Gasteiger partial charge in [-0.25, -0.2) is 0 Å². The SMILES string of the molecule is COc1c(N)ccc2c1Sc1cc(N(C)C)ccc1N2. The number of hydrogen-bond donors (Lipinski definition) is 2. The molecule has 1 aliphatic heterocycles. The summed E-state index contributed by atoms with van der Waals surface area (Å²) >= 11 is 1.69. The first-order chi connectivity index (χ1) is 9.60. The van der Waals surface area contributed by atoms with Crippen LogP contribution >= 0.6 is 11.8 Å². The van der Waals surface area contributed by atoms with Crippen molar-refractivity contribution in [1.29, 1.82) is 0 Å². The number of benzene rings is 2. The average molecular weight is 287 g/mol. The van der Waals surface area contributed by atoms with E-state index in [0.29, 0.717) is 5.69 Å². The monoisotopic (exact) mass is 287 g/mol. The van der Waals surface area contributed by atoms with E-state index in [2.05, 4.69) is 28.4 Å². The molecule has 0 unspecified atom stereocenters. The van der Waals surface area contributed by atoms with E-state index in [1.807, 2.05) is 26.2 Å². The van der Waals surface area contributed by atoms with Crippen LogP contribution in [0.2, 0.25) is 0 Å². The predicted molar refractivity (Wildman–Crippen MR) is 85.6 cm³/mol. The molecule has 0 atom stereocenters. The van der Waals surface area contributed by atoms with Gasteiger partial charge >= 0.3 is 0 Å². The van der Waals surface area contributed by atoms with E-state index in [4.69, 9.17) is 10.5 Å². The fraction of sp³-hybridized carbons (Fsp3) is 0.200. The van der Waals surface area contributed by atoms with E-state index in [1.54, 1.807) is 18.9 Å². The van der Waals surface area contributed by atoms with Crippen LogP contribution in [0.5, 0.6) is 5.75 Å². The molecule has 5 heteroatoms. The minimum atomic E-state index is 0.660. The fourth-order valence-corrected chi connectivity index (χ4v) is 3.37. The van der Waals surface area contributed by atoms with Crippen LogP contribution in [-0.2, 0) is 0 Å². The molecule has 0 fully saturated rings. The number of anilines is 4. The molecule has 0 aliphatic carbocycles. The molecule has 0 radical (unpaired) electrons. The van der Waals surface area contributed by atoms with Crippen LogP contribution < -0.4 is 20.7 Å². The Morgan fingerprint density at radius 3 is 2.60 bits per heavy atom. The Labute approximate surface area is 122 Å². The number of rotatable bonds is 2. The molecule has 1 aliphatic rings. The zero-order valence-corrected chi connectivity index (χ0v) is 12.5. The third-order valence-corrected chi connectivity index (χ3v) is 4.48. The summed E-state index contributed by atoms with van der Waals surface area (Å²) in [6.07, 6.45) is 0. The highest BCUT2D eigenvalue weighted by atomic mass is 32.2. The fourth-order valence-electron chi connectivity index (χ4n) is 2.22. The summed E-state index contributed by atoms with van der Waals surface area (Å²) in [7, 11) is 5.72. The number of nitrogens with two attached hydrogens (primary N) is 1. The van der Waals surface area contributed by atoms with Crippen molar-refractivity contribution in [2.24, 2.45) is 0 Å². The van der Waals surface area contributed by atoms with Crippen molar-refractivity contribution < 1.29 is 4.74 Å². The van der Waals surface area contributed by atoms with Crippen LogP contribution in [0.4, 0.5) is 22.7 Å². The minimum absolute atomic E-state index is 0.660. The largest absolute Gasteiger partial charge is 0.493 e. The second kappa shape index (κ2) is 4.83. The van der Waals surface area contributed by atoms with E-state index < -0.39 is 0 Å². The van der Waals surface area contributed by atoms with Gasteiger partial charge in [0.25, 0.3) is 0 Å². The lowest BCUT2D eigenvalue weighted by Crippen LogP contribution is -2.09. The number of ether oxygens (including phenoxy) is 1. The van der Waals surface area contributed by atoms with Gasteiger partial charge in [0.15, 0.2) is 5.75 Å². The molecule has 0 saturated heterocycles. The molecule has 20 heavy (non-hydrogen) atoms. The summed E-state index contributed by atoms with van der Waals surface area (Å²) < 4.78 is 5.44. The van der Waals surface area contributed by atoms with E-state index in [0.717, 1.165) is 22.0 Å². The maximum atomic E-state index is 5.98. The molecule has 2 aromatic rings. The van der Waals surface area contributed by atoms with Gasteiger partial charge in [0.05, 0.1) is 29.1 Å². The quantitative estimate of drug-likeness (QED) is 0.706. The van der Waals surface area contributed by atoms with Crippen LogP contribution in [0, 0.1) is 0 Å². The summed E-state index contributed by atoms with van der Waals surface area (Å²) in [5, 5.41) is 3.43. The second-order valence-electron chi connectivity index (χ2n) is 4.87. The zero-order valence-electron chi connectivity index (χ0n) is 11.7. The van der Waals surface area contributed by atoms with Crippen molar-refractivity contribution in [3.05, 3.63) is 30.3 Å². The van der Waals surface area contributed by atoms with Crippen LogP contribution in [-0.4, -0.2) is 21.2 Å². The number of nitrogens with one attached hydrogen (secondary N) is 1. The van der Waals surface area contributed by atoms with E-state index in [-0.39, 0.29) is 0 Å². The highest BCUT2D eigenvalue weighted by Crippen LogP contribution is 2.50. The topological polar surface area (TPSA) is 50.5 Å². The zero-order chi connectivity index (χ0) is 14.3. The lowest BCUT2D eigenvalue weighted by molar-refractivity contribution is 0.407. The first-order valence-electron chi connectivity index (χ1n) is 6.33. The average Bonchev–Trinajstić information content (AvgIpc) is 2.44. The predicted octanol–water partition coefficient (Wildman–Crippen LogP) is 3.55. The molecular weight excluding hydrogens is 270 g/mol. The first kappa shape index (κ1) is 13.0. The van der Waals surface area contributed by atoms with Crippen molar-refractivity contribution in [2.45, 2.75) is 9.79 Å². The molecule has 0 amide bonds. The molecule has 104 valence electrons. The van der Waals surface area contributed by atoms with Gasteiger partial charge in [-0.15, -0.1) is 0 Å². The smallest absolute Gasteiger partial charge is 0.157 e. The standard InChI is InChI=1S/C15H17N3OS/c1-18(2)9-4-6-11-13(8-9)20-15-12(17-11)7-5-10(16)14(15)19-3/h4-8,17H,16H2,1-3H3. The Morgan fingerprint density at radius 1 is 1.15 bits per heavy atom. The number of hydrogen-bond acceptors (Lipinski definition) is 5.